The van der Waals surface area contributed by atoms with Crippen LogP contribution in [0.4, 0.5) is 68.8 Å². The molecule has 0 aliphatic carbocycles. The van der Waals surface area contributed by atoms with Gasteiger partial charge in [0, 0.05) is 46.8 Å². The number of carbonyl (C=O) groups excluding carboxylic acids is 2. The number of rotatable bonds is 24. The molecule has 0 aliphatic heterocycles. The van der Waals surface area contributed by atoms with Crippen LogP contribution >= 0.6 is 23.2 Å². The van der Waals surface area contributed by atoms with Gasteiger partial charge in [0.2, 0.25) is 33.7 Å². The van der Waals surface area contributed by atoms with E-state index in [4.69, 9.17) is 23.2 Å². The molecule has 0 bridgehead atoms. The van der Waals surface area contributed by atoms with Crippen molar-refractivity contribution in [3.05, 3.63) is 245 Å². The molecule has 0 saturated carbocycles. The number of aromatic nitrogens is 6. The number of carbonyl (C=O) groups is 2. The Morgan fingerprint density at radius 3 is 1.05 bits per heavy atom. The standard InChI is InChI=1S/2C34H23ClN8O14S3.Cr.6Na/c2*35-32-38-33(36-20-10-12-23-19(13-20)14-28(60(55,56)57)29(30(23)44)42-41-25-4-2-1-3-24(25)31(45)46)40-34(39-32)37-21-9-7-17(26(15-21)58(49,50)51)5-6-18-8-11-22(43(47)48)16-27(18)59(52,53)54;;;;;;;/h2*1-16,44H,(H,45,46)(H,49,50,51)(H,52,53,54)(H,55,56,57)(H2,36,37,38,39,40);;;;;;;/q;;+3;6*+1/p-9. The van der Waals surface area contributed by atoms with Gasteiger partial charge in [0.25, 0.3) is 21.5 Å². The van der Waals surface area contributed by atoms with Gasteiger partial charge in [-0.3, -0.25) is 34.7 Å². The van der Waals surface area contributed by atoms with Crippen LogP contribution in [-0.4, -0.2) is 130 Å². The van der Waals surface area contributed by atoms with Crippen LogP contribution in [0, 0.1) is 20.2 Å². The number of carboxylic acids is 2. The molecule has 12 aromatic rings. The van der Waals surface area contributed by atoms with E-state index in [9.17, 15) is 128 Å². The second kappa shape index (κ2) is 46.1. The number of nitrogens with zero attached hydrogens (tertiary/aromatic N) is 12. The molecule has 127 heavy (non-hydrogen) atoms. The number of aromatic amines is 2. The number of carboxylic acid groups (broad SMARTS) is 2. The van der Waals surface area contributed by atoms with Gasteiger partial charge in [0.15, 0.2) is 0 Å². The number of hydrogen-bond donors (Lipinski definition) is 5. The second-order valence-electron chi connectivity index (χ2n) is 23.8. The Morgan fingerprint density at radius 2 is 0.724 bits per heavy atom. The average molecular weight is 1980 g/mol. The van der Waals surface area contributed by atoms with E-state index in [1.807, 2.05) is 0 Å². The van der Waals surface area contributed by atoms with Crippen molar-refractivity contribution in [1.29, 1.82) is 0 Å². The summed E-state index contributed by atoms with van der Waals surface area (Å²) in [5, 5.41) is 91.0. The fourth-order valence-electron chi connectivity index (χ4n) is 10.8. The third kappa shape index (κ3) is 28.8. The van der Waals surface area contributed by atoms with Crippen LogP contribution < -0.4 is 220 Å². The van der Waals surface area contributed by atoms with Crippen LogP contribution in [0.25, 0.3) is 45.8 Å². The Hall–Kier alpha value is -7.47. The molecule has 59 heteroatoms. The number of non-ortho nitro benzene ring substituents is 2. The number of azo groups is 2. The number of nitro benzene ring substituents is 2. The van der Waals surface area contributed by atoms with Crippen LogP contribution in [0.3, 0.4) is 0 Å². The number of anilines is 4. The van der Waals surface area contributed by atoms with Crippen molar-refractivity contribution < 1.29 is 312 Å². The van der Waals surface area contributed by atoms with Gasteiger partial charge in [-0.2, -0.15) is 28.4 Å². The van der Waals surface area contributed by atoms with Crippen LogP contribution in [0.2, 0.25) is 10.6 Å². The predicted molar refractivity (Wildman–Crippen MR) is 403 cm³/mol. The van der Waals surface area contributed by atoms with Crippen molar-refractivity contribution >= 4 is 210 Å². The minimum Gasteiger partial charge on any atom is -0.871 e. The van der Waals surface area contributed by atoms with Crippen LogP contribution in [0.1, 0.15) is 43.0 Å². The molecule has 12 rings (SSSR count). The van der Waals surface area contributed by atoms with E-state index in [1.54, 1.807) is 0 Å². The van der Waals surface area contributed by atoms with E-state index in [-0.39, 0.29) is 306 Å². The fourth-order valence-corrected chi connectivity index (χ4v) is 15.2. The van der Waals surface area contributed by atoms with E-state index in [2.05, 4.69) is 71.0 Å². The number of aromatic carboxylic acids is 2. The molecular weight excluding hydrogens is 1940 g/mol. The van der Waals surface area contributed by atoms with Gasteiger partial charge in [-0.25, -0.2) is 52.1 Å². The van der Waals surface area contributed by atoms with Crippen molar-refractivity contribution in [3.8, 4) is 11.5 Å². The largest absolute Gasteiger partial charge is 3.00 e. The second-order valence-corrected chi connectivity index (χ2v) is 32.7. The van der Waals surface area contributed by atoms with E-state index in [0.29, 0.717) is 12.1 Å². The van der Waals surface area contributed by atoms with Crippen molar-refractivity contribution in [3.63, 3.8) is 0 Å². The number of hydrogen-bond acceptors (Lipinski definition) is 39. The number of nitro groups is 2. The fraction of sp³-hybridized carbons (Fsp3) is 0. The van der Waals surface area contributed by atoms with Crippen LogP contribution in [-0.2, 0) is 78.1 Å². The molecule has 10 aromatic carbocycles. The van der Waals surface area contributed by atoms with E-state index >= 15 is 0 Å². The third-order valence-electron chi connectivity index (χ3n) is 16.0. The number of benzene rings is 10. The predicted octanol–water partition coefficient (Wildman–Crippen LogP) is -11.2. The van der Waals surface area contributed by atoms with Crippen molar-refractivity contribution in [2.45, 2.75) is 29.4 Å². The summed E-state index contributed by atoms with van der Waals surface area (Å²) >= 11 is 12.3. The summed E-state index contributed by atoms with van der Waals surface area (Å²) < 4.78 is 215. The number of halogens is 2. The Labute approximate surface area is 868 Å². The molecule has 0 unspecified atom stereocenters. The third-order valence-corrected chi connectivity index (χ3v) is 21.6. The van der Waals surface area contributed by atoms with Gasteiger partial charge in [-0.15, -0.1) is 20.5 Å². The molecule has 2 heterocycles. The zero-order valence-electron chi connectivity index (χ0n) is 64.9. The van der Waals surface area contributed by atoms with E-state index < -0.39 is 157 Å². The first kappa shape index (κ1) is 112. The summed E-state index contributed by atoms with van der Waals surface area (Å²) in [6.45, 7) is 0. The average Bonchev–Trinajstić information content (AvgIpc) is 0.771. The smallest absolute Gasteiger partial charge is 0.871 e. The monoisotopic (exact) mass is 1980 g/mol. The summed E-state index contributed by atoms with van der Waals surface area (Å²) in [7, 11) is -31.4. The van der Waals surface area contributed by atoms with Crippen molar-refractivity contribution in [2.75, 3.05) is 10.6 Å². The first-order valence-corrected chi connectivity index (χ1v) is 41.3. The number of nitrogens with one attached hydrogen (secondary N) is 4. The van der Waals surface area contributed by atoms with Crippen molar-refractivity contribution in [2.24, 2.45) is 30.4 Å². The maximum Gasteiger partial charge on any atom is 3.00 e. The minimum atomic E-state index is -5.36. The molecular formula is C68H37Cl2CrN16Na6O28S6. The molecule has 0 amide bonds. The van der Waals surface area contributed by atoms with Gasteiger partial charge in [-0.05, 0) is 152 Å². The van der Waals surface area contributed by atoms with Crippen LogP contribution in [0.5, 0.6) is 11.5 Å². The molecule has 2 aromatic heterocycles. The number of H-pyrrole nitrogens is 2. The molecule has 0 spiro atoms. The summed E-state index contributed by atoms with van der Waals surface area (Å²) in [4.78, 5) is 67.0. The minimum absolute atomic E-state index is 0. The van der Waals surface area contributed by atoms with Gasteiger partial charge in [0.1, 0.15) is 55.5 Å². The first-order valence-electron chi connectivity index (χ1n) is 32.1. The molecule has 0 atom stereocenters. The summed E-state index contributed by atoms with van der Waals surface area (Å²) in [6.07, 6.45) is 3.90. The van der Waals surface area contributed by atoms with Crippen LogP contribution in [0.15, 0.2) is 230 Å². The quantitative estimate of drug-likeness (QED) is 0.00936. The Balaban J connectivity index is 0.000000504. The molecule has 0 aliphatic rings. The molecule has 1 radical (unpaired) electrons. The summed E-state index contributed by atoms with van der Waals surface area (Å²) in [5.41, 5.74) is -6.46. The van der Waals surface area contributed by atoms with Gasteiger partial charge in [-0.1, -0.05) is 96.5 Å². The van der Waals surface area contributed by atoms with Crippen molar-refractivity contribution in [1.82, 2.24) is 29.9 Å². The van der Waals surface area contributed by atoms with Gasteiger partial charge >= 0.3 is 195 Å². The summed E-state index contributed by atoms with van der Waals surface area (Å²) in [5.74, 6) is -5.80. The van der Waals surface area contributed by atoms with E-state index in [1.165, 1.54) is 84.9 Å². The molecule has 0 saturated heterocycles. The Morgan fingerprint density at radius 1 is 0.409 bits per heavy atom. The molecule has 0 fully saturated rings. The maximum atomic E-state index is 13.4. The Bertz CT molecular complexity index is 7010. The first-order chi connectivity index (χ1) is 56.2. The molecule has 619 valence electrons. The van der Waals surface area contributed by atoms with E-state index in [0.717, 1.165) is 97.1 Å². The topological polar surface area (TPSA) is 734 Å². The SMILES string of the molecule is O=C([O-])c1ccccc1N=Nc1c(S(=O)(=O)O)cc2cc(Nc3nc(Cl)[nH]c(=Nc4ccc(C=Cc5ccc([N+](=O)[O-])cc5S(=O)(=O)[O-])c(S(=O)(=O)[O-])c4)n3)ccc2c1[O-].O=C([O-])c1ccccc1N=Nc1c(S(=O)(=O)[O-])cc2cc(Nc3nc(Cl)[nH]c(=Nc4ccc(C=Cc5ccc([N+](=O)[O-])cc5S(=O)(=O)[O-])c(S(=O)(=O)[O-])c4)n3)ccc2c1[O-].[Cr+3].[Na+].[Na+].[Na+].[Na+].[Na+].[Na+]. The normalized spacial score (nSPS) is 12.0. The zero-order valence-corrected chi connectivity index (χ0v) is 84.6. The summed E-state index contributed by atoms with van der Waals surface area (Å²) in [6, 6.07) is 30.8. The van der Waals surface area contributed by atoms with Gasteiger partial charge < -0.3 is 63.4 Å². The van der Waals surface area contributed by atoms with Gasteiger partial charge in [0.05, 0.1) is 80.4 Å². The number of fused-ring (bicyclic) bond motifs is 2. The molecule has 44 nitrogen and oxygen atoms in total. The zero-order chi connectivity index (χ0) is 87.5. The Kier molecular flexibility index (Phi) is 40.6. The molecule has 5 N–H and O–H groups in total. The maximum absolute atomic E-state index is 13.4.